The molecule has 2 aromatic carbocycles. The van der Waals surface area contributed by atoms with Gasteiger partial charge in [0.2, 0.25) is 5.28 Å². The van der Waals surface area contributed by atoms with Crippen LogP contribution in [0.1, 0.15) is 13.2 Å². The standard InChI is InChI=1S/C26H26ClN7O6/c1-2-28-24(38)21-19(36)20(37)25(40-21)34-13-29-18-22(32-26(27)33-23(18)34)31-15-8-10-16(11-9-15)39-12-17(35)30-14-6-4-3-5-7-14/h3-11,13,19-21,25,36-37H,2,12H2,1H3,(H,28,38)(H,30,35)(H,31,32,33)/t19-,20+,21-,25+/m0/s1. The lowest BCUT2D eigenvalue weighted by Gasteiger charge is -2.16. The van der Waals surface area contributed by atoms with Gasteiger partial charge in [0.25, 0.3) is 11.8 Å². The molecular weight excluding hydrogens is 542 g/mol. The van der Waals surface area contributed by atoms with E-state index in [1.54, 1.807) is 43.3 Å². The molecule has 0 aliphatic carbocycles. The van der Waals surface area contributed by atoms with Gasteiger partial charge in [-0.3, -0.25) is 14.2 Å². The average molecular weight is 568 g/mol. The lowest BCUT2D eigenvalue weighted by Crippen LogP contribution is -2.42. The molecule has 0 radical (unpaired) electrons. The van der Waals surface area contributed by atoms with Crippen molar-refractivity contribution in [2.75, 3.05) is 23.8 Å². The number of hydrogen-bond acceptors (Lipinski definition) is 10. The molecule has 2 amide bonds. The first kappa shape index (κ1) is 27.3. The molecule has 0 unspecified atom stereocenters. The molecule has 13 nitrogen and oxygen atoms in total. The number of carbonyl (C=O) groups is 2. The molecule has 3 heterocycles. The predicted molar refractivity (Wildman–Crippen MR) is 145 cm³/mol. The minimum atomic E-state index is -1.45. The van der Waals surface area contributed by atoms with E-state index in [9.17, 15) is 19.8 Å². The maximum absolute atomic E-state index is 12.2. The minimum absolute atomic E-state index is 0.102. The molecule has 1 saturated heterocycles. The third-order valence-corrected chi connectivity index (χ3v) is 6.23. The number of likely N-dealkylation sites (N-methyl/N-ethyl adjacent to an activating group) is 1. The highest BCUT2D eigenvalue weighted by atomic mass is 35.5. The molecule has 1 fully saturated rings. The van der Waals surface area contributed by atoms with E-state index in [0.717, 1.165) is 0 Å². The topological polar surface area (TPSA) is 173 Å². The number of halogens is 1. The molecule has 5 N–H and O–H groups in total. The van der Waals surface area contributed by atoms with E-state index in [1.807, 2.05) is 18.2 Å². The Morgan fingerprint density at radius 2 is 1.80 bits per heavy atom. The smallest absolute Gasteiger partial charge is 0.262 e. The van der Waals surface area contributed by atoms with Gasteiger partial charge in [-0.1, -0.05) is 18.2 Å². The number of benzene rings is 2. The van der Waals surface area contributed by atoms with Crippen molar-refractivity contribution in [2.24, 2.45) is 0 Å². The van der Waals surface area contributed by atoms with Crippen molar-refractivity contribution in [3.05, 3.63) is 66.2 Å². The van der Waals surface area contributed by atoms with E-state index in [0.29, 0.717) is 29.2 Å². The van der Waals surface area contributed by atoms with Crippen LogP contribution in [0, 0.1) is 0 Å². The second-order valence-electron chi connectivity index (χ2n) is 8.84. The summed E-state index contributed by atoms with van der Waals surface area (Å²) < 4.78 is 12.6. The van der Waals surface area contributed by atoms with Crippen molar-refractivity contribution in [1.29, 1.82) is 0 Å². The molecule has 0 bridgehead atoms. The van der Waals surface area contributed by atoms with Crippen LogP contribution in [0.2, 0.25) is 5.28 Å². The SMILES string of the molecule is CCNC(=O)[C@H]1O[C@@H](n2cnc3c(Nc4ccc(OCC(=O)Nc5ccccc5)cc4)nc(Cl)nc32)[C@H](O)[C@@H]1O. The van der Waals surface area contributed by atoms with Crippen molar-refractivity contribution < 1.29 is 29.3 Å². The van der Waals surface area contributed by atoms with Gasteiger partial charge in [-0.2, -0.15) is 9.97 Å². The number of aromatic nitrogens is 4. The van der Waals surface area contributed by atoms with Crippen LogP contribution in [-0.2, 0) is 14.3 Å². The number of ether oxygens (including phenoxy) is 2. The Morgan fingerprint density at radius 3 is 2.52 bits per heavy atom. The van der Waals surface area contributed by atoms with E-state index in [4.69, 9.17) is 21.1 Å². The molecule has 4 aromatic rings. The molecule has 5 rings (SSSR count). The maximum Gasteiger partial charge on any atom is 0.262 e. The fraction of sp³-hybridized carbons (Fsp3) is 0.269. The number of para-hydroxylation sites is 1. The Bertz CT molecular complexity index is 1500. The van der Waals surface area contributed by atoms with E-state index in [1.165, 1.54) is 10.9 Å². The second-order valence-corrected chi connectivity index (χ2v) is 9.18. The summed E-state index contributed by atoms with van der Waals surface area (Å²) in [6, 6.07) is 15.9. The molecule has 0 saturated carbocycles. The Morgan fingerprint density at radius 1 is 1.05 bits per heavy atom. The van der Waals surface area contributed by atoms with E-state index in [2.05, 4.69) is 30.9 Å². The fourth-order valence-corrected chi connectivity index (χ4v) is 4.35. The third kappa shape index (κ3) is 5.82. The van der Waals surface area contributed by atoms with Gasteiger partial charge < -0.3 is 35.6 Å². The quantitative estimate of drug-likeness (QED) is 0.188. The highest BCUT2D eigenvalue weighted by molar-refractivity contribution is 6.28. The zero-order valence-electron chi connectivity index (χ0n) is 21.2. The number of nitrogens with zero attached hydrogens (tertiary/aromatic N) is 4. The third-order valence-electron chi connectivity index (χ3n) is 6.06. The van der Waals surface area contributed by atoms with Gasteiger partial charge in [0.15, 0.2) is 35.9 Å². The van der Waals surface area contributed by atoms with Gasteiger partial charge in [-0.25, -0.2) is 4.98 Å². The Balaban J connectivity index is 1.28. The van der Waals surface area contributed by atoms with E-state index < -0.39 is 30.4 Å². The normalized spacial score (nSPS) is 20.3. The van der Waals surface area contributed by atoms with E-state index >= 15 is 0 Å². The highest BCUT2D eigenvalue weighted by Gasteiger charge is 2.47. The van der Waals surface area contributed by atoms with Crippen LogP contribution in [0.5, 0.6) is 5.75 Å². The van der Waals surface area contributed by atoms with Gasteiger partial charge >= 0.3 is 0 Å². The largest absolute Gasteiger partial charge is 0.484 e. The van der Waals surface area contributed by atoms with Crippen LogP contribution in [0.25, 0.3) is 11.2 Å². The summed E-state index contributed by atoms with van der Waals surface area (Å²) in [6.07, 6.45) is -3.91. The zero-order valence-corrected chi connectivity index (χ0v) is 21.9. The summed E-state index contributed by atoms with van der Waals surface area (Å²) in [4.78, 5) is 37.2. The van der Waals surface area contributed by atoms with Crippen LogP contribution in [-0.4, -0.2) is 73.0 Å². The van der Waals surface area contributed by atoms with Gasteiger partial charge in [0, 0.05) is 17.9 Å². The van der Waals surface area contributed by atoms with Crippen molar-refractivity contribution in [3.63, 3.8) is 0 Å². The number of aliphatic hydroxyl groups is 2. The maximum atomic E-state index is 12.2. The predicted octanol–water partition coefficient (Wildman–Crippen LogP) is 2.00. The molecule has 1 aliphatic heterocycles. The van der Waals surface area contributed by atoms with Crippen LogP contribution in [0.15, 0.2) is 60.9 Å². The lowest BCUT2D eigenvalue weighted by atomic mass is 10.1. The number of imidazole rings is 1. The first-order chi connectivity index (χ1) is 19.3. The summed E-state index contributed by atoms with van der Waals surface area (Å²) in [5.41, 5.74) is 1.84. The second kappa shape index (κ2) is 11.8. The first-order valence-corrected chi connectivity index (χ1v) is 12.8. The van der Waals surface area contributed by atoms with Crippen molar-refractivity contribution in [1.82, 2.24) is 24.8 Å². The number of anilines is 3. The Kier molecular flexibility index (Phi) is 8.07. The van der Waals surface area contributed by atoms with Crippen LogP contribution < -0.4 is 20.7 Å². The molecule has 1 aliphatic rings. The summed E-state index contributed by atoms with van der Waals surface area (Å²) >= 11 is 6.19. The number of amides is 2. The van der Waals surface area contributed by atoms with Crippen LogP contribution in [0.4, 0.5) is 17.2 Å². The highest BCUT2D eigenvalue weighted by Crippen LogP contribution is 2.33. The number of hydrogen-bond donors (Lipinski definition) is 5. The number of aliphatic hydroxyl groups excluding tert-OH is 2. The molecular formula is C26H26ClN7O6. The Labute approximate surface area is 233 Å². The number of fused-ring (bicyclic) bond motifs is 1. The molecule has 14 heteroatoms. The zero-order chi connectivity index (χ0) is 28.2. The summed E-state index contributed by atoms with van der Waals surface area (Å²) in [7, 11) is 0. The monoisotopic (exact) mass is 567 g/mol. The van der Waals surface area contributed by atoms with E-state index in [-0.39, 0.29) is 29.3 Å². The van der Waals surface area contributed by atoms with Crippen molar-refractivity contribution >= 4 is 51.8 Å². The number of nitrogens with one attached hydrogen (secondary N) is 3. The van der Waals surface area contributed by atoms with Crippen LogP contribution >= 0.6 is 11.6 Å². The van der Waals surface area contributed by atoms with Gasteiger partial charge in [0.1, 0.15) is 18.0 Å². The minimum Gasteiger partial charge on any atom is -0.484 e. The number of rotatable bonds is 9. The van der Waals surface area contributed by atoms with Gasteiger partial charge in [-0.15, -0.1) is 0 Å². The van der Waals surface area contributed by atoms with Gasteiger partial charge in [-0.05, 0) is 54.9 Å². The van der Waals surface area contributed by atoms with Crippen LogP contribution in [0.3, 0.4) is 0 Å². The van der Waals surface area contributed by atoms with Crippen molar-refractivity contribution in [2.45, 2.75) is 31.5 Å². The van der Waals surface area contributed by atoms with Gasteiger partial charge in [0.05, 0.1) is 6.33 Å². The summed E-state index contributed by atoms with van der Waals surface area (Å²) in [5.74, 6) is -0.0714. The summed E-state index contributed by atoms with van der Waals surface area (Å²) in [5, 5.41) is 29.3. The fourth-order valence-electron chi connectivity index (χ4n) is 4.18. The molecule has 208 valence electrons. The molecule has 4 atom stereocenters. The first-order valence-electron chi connectivity index (χ1n) is 12.4. The average Bonchev–Trinajstić information content (AvgIpc) is 3.49. The van der Waals surface area contributed by atoms with Crippen molar-refractivity contribution in [3.8, 4) is 5.75 Å². The molecule has 40 heavy (non-hydrogen) atoms. The molecule has 2 aromatic heterocycles. The number of carbonyl (C=O) groups excluding carboxylic acids is 2. The molecule has 0 spiro atoms. The Hall–Kier alpha value is -4.30. The summed E-state index contributed by atoms with van der Waals surface area (Å²) in [6.45, 7) is 1.91. The lowest BCUT2D eigenvalue weighted by molar-refractivity contribution is -0.137.